The third-order valence-corrected chi connectivity index (χ3v) is 6.89. The van der Waals surface area contributed by atoms with Crippen molar-refractivity contribution in [2.45, 2.75) is 67.2 Å². The van der Waals surface area contributed by atoms with Gasteiger partial charge in [-0.3, -0.25) is 0 Å². The van der Waals surface area contributed by atoms with Gasteiger partial charge in [0.15, 0.2) is 0 Å². The smallest absolute Gasteiger partial charge is 0.294 e. The second-order valence-electron chi connectivity index (χ2n) is 12.0. The Hall–Kier alpha value is -2.94. The molecule has 0 saturated carbocycles. The Labute approximate surface area is 197 Å². The summed E-state index contributed by atoms with van der Waals surface area (Å²) in [5.74, 6) is 1.63. The van der Waals surface area contributed by atoms with Crippen LogP contribution in [0.5, 0.6) is 11.6 Å². The Bertz CT molecular complexity index is 1450. The SMILES string of the molecule is Cc1cc2cc(CC(C)(C)C)cc3c2c(c1C)-c1c(nc2c(C(C)(C)C)cccc2[n+]1C)O3. The molecule has 5 rings (SSSR count). The molecule has 0 amide bonds. The van der Waals surface area contributed by atoms with Crippen LogP contribution in [0.1, 0.15) is 63.8 Å². The van der Waals surface area contributed by atoms with Gasteiger partial charge in [-0.1, -0.05) is 65.8 Å². The summed E-state index contributed by atoms with van der Waals surface area (Å²) < 4.78 is 8.90. The fraction of sp³-hybridized carbons (Fsp3) is 0.400. The van der Waals surface area contributed by atoms with Crippen molar-refractivity contribution in [1.29, 1.82) is 0 Å². The van der Waals surface area contributed by atoms with Crippen LogP contribution >= 0.6 is 0 Å². The normalized spacial score (nSPS) is 13.4. The van der Waals surface area contributed by atoms with Gasteiger partial charge in [0.2, 0.25) is 5.52 Å². The molecule has 3 aromatic carbocycles. The summed E-state index contributed by atoms with van der Waals surface area (Å²) >= 11 is 0. The van der Waals surface area contributed by atoms with E-state index in [0.717, 1.165) is 28.9 Å². The number of rotatable bonds is 1. The minimum Gasteiger partial charge on any atom is -0.433 e. The van der Waals surface area contributed by atoms with Gasteiger partial charge >= 0.3 is 0 Å². The Balaban J connectivity index is 1.88. The summed E-state index contributed by atoms with van der Waals surface area (Å²) in [6.45, 7) is 18.0. The molecule has 3 nitrogen and oxygen atoms in total. The van der Waals surface area contributed by atoms with Crippen molar-refractivity contribution >= 4 is 21.8 Å². The zero-order valence-corrected chi connectivity index (χ0v) is 21.5. The van der Waals surface area contributed by atoms with Crippen molar-refractivity contribution in [2.75, 3.05) is 0 Å². The molecule has 4 aromatic rings. The van der Waals surface area contributed by atoms with Crippen LogP contribution in [0, 0.1) is 19.3 Å². The highest BCUT2D eigenvalue weighted by Gasteiger charge is 2.34. The van der Waals surface area contributed by atoms with Crippen LogP contribution in [0.2, 0.25) is 0 Å². The molecule has 170 valence electrons. The second-order valence-corrected chi connectivity index (χ2v) is 12.0. The largest absolute Gasteiger partial charge is 0.433 e. The molecular weight excluding hydrogens is 404 g/mol. The number of aromatic nitrogens is 2. The summed E-state index contributed by atoms with van der Waals surface area (Å²) in [5, 5.41) is 2.45. The van der Waals surface area contributed by atoms with Crippen LogP contribution in [-0.4, -0.2) is 4.98 Å². The molecule has 0 saturated heterocycles. The number of hydrogen-bond acceptors (Lipinski definition) is 2. The summed E-state index contributed by atoms with van der Waals surface area (Å²) in [6, 6.07) is 13.4. The molecule has 0 radical (unpaired) electrons. The maximum absolute atomic E-state index is 6.62. The lowest BCUT2D eigenvalue weighted by atomic mass is 9.85. The first-order chi connectivity index (χ1) is 15.3. The molecule has 0 unspecified atom stereocenters. The Morgan fingerprint density at radius 1 is 0.970 bits per heavy atom. The number of ether oxygens (including phenoxy) is 1. The van der Waals surface area contributed by atoms with E-state index in [1.54, 1.807) is 0 Å². The number of aryl methyl sites for hydroxylation is 2. The Morgan fingerprint density at radius 3 is 2.36 bits per heavy atom. The highest BCUT2D eigenvalue weighted by atomic mass is 16.5. The minimum atomic E-state index is -0.00722. The molecule has 2 heterocycles. The van der Waals surface area contributed by atoms with Gasteiger partial charge < -0.3 is 4.74 Å². The molecular formula is C30H35N2O+. The van der Waals surface area contributed by atoms with E-state index in [0.29, 0.717) is 5.88 Å². The van der Waals surface area contributed by atoms with Crippen LogP contribution in [-0.2, 0) is 18.9 Å². The lowest BCUT2D eigenvalue weighted by Crippen LogP contribution is -2.35. The van der Waals surface area contributed by atoms with E-state index >= 15 is 0 Å². The highest BCUT2D eigenvalue weighted by molar-refractivity contribution is 6.05. The zero-order valence-electron chi connectivity index (χ0n) is 21.5. The van der Waals surface area contributed by atoms with Gasteiger partial charge in [-0.15, -0.1) is 0 Å². The number of fused-ring (bicyclic) bond motifs is 3. The van der Waals surface area contributed by atoms with Crippen molar-refractivity contribution in [3.63, 3.8) is 0 Å². The van der Waals surface area contributed by atoms with E-state index in [-0.39, 0.29) is 10.8 Å². The average molecular weight is 440 g/mol. The minimum absolute atomic E-state index is 0.00722. The number of benzene rings is 3. The zero-order chi connectivity index (χ0) is 23.9. The summed E-state index contributed by atoms with van der Waals surface area (Å²) in [6.07, 6.45) is 1.00. The second kappa shape index (κ2) is 7.03. The molecule has 0 atom stereocenters. The fourth-order valence-corrected chi connectivity index (χ4v) is 5.29. The van der Waals surface area contributed by atoms with Gasteiger partial charge in [0.1, 0.15) is 18.3 Å². The van der Waals surface area contributed by atoms with Crippen molar-refractivity contribution in [3.8, 4) is 22.9 Å². The van der Waals surface area contributed by atoms with Crippen molar-refractivity contribution in [2.24, 2.45) is 12.5 Å². The third-order valence-electron chi connectivity index (χ3n) is 6.89. The van der Waals surface area contributed by atoms with E-state index in [4.69, 9.17) is 9.72 Å². The molecule has 3 heteroatoms. The molecule has 1 aliphatic rings. The van der Waals surface area contributed by atoms with Gasteiger partial charge in [0.25, 0.3) is 11.6 Å². The van der Waals surface area contributed by atoms with E-state index in [2.05, 4.69) is 103 Å². The molecule has 1 aromatic heterocycles. The average Bonchev–Trinajstić information content (AvgIpc) is 2.68. The summed E-state index contributed by atoms with van der Waals surface area (Å²) in [7, 11) is 2.14. The van der Waals surface area contributed by atoms with Crippen molar-refractivity contribution < 1.29 is 9.30 Å². The first-order valence-corrected chi connectivity index (χ1v) is 11.9. The maximum Gasteiger partial charge on any atom is 0.294 e. The quantitative estimate of drug-likeness (QED) is 0.253. The van der Waals surface area contributed by atoms with Gasteiger partial charge in [-0.05, 0) is 64.8 Å². The lowest BCUT2D eigenvalue weighted by molar-refractivity contribution is -0.634. The molecule has 0 bridgehead atoms. The predicted molar refractivity (Wildman–Crippen MR) is 137 cm³/mol. The first-order valence-electron chi connectivity index (χ1n) is 11.9. The van der Waals surface area contributed by atoms with E-state index in [9.17, 15) is 0 Å². The summed E-state index contributed by atoms with van der Waals surface area (Å²) in [5.41, 5.74) is 9.80. The Kier molecular flexibility index (Phi) is 4.66. The standard InChI is InChI=1S/C30H35N2O/c1-17-13-20-14-19(16-29(3,4)5)15-23-25(20)24(18(17)2)27-28(33-23)31-26-21(30(6,7)8)11-10-12-22(26)32(27)9/h10-15H,16H2,1-9H3/q+1. The third kappa shape index (κ3) is 3.49. The first kappa shape index (κ1) is 21.9. The molecule has 0 aliphatic carbocycles. The molecule has 0 N–H and O–H groups in total. The predicted octanol–water partition coefficient (Wildman–Crippen LogP) is 7.49. The van der Waals surface area contributed by atoms with E-state index in [1.165, 1.54) is 38.6 Å². The molecule has 33 heavy (non-hydrogen) atoms. The van der Waals surface area contributed by atoms with Crippen LogP contribution in [0.15, 0.2) is 36.4 Å². The van der Waals surface area contributed by atoms with Crippen molar-refractivity contribution in [3.05, 3.63) is 58.7 Å². The maximum atomic E-state index is 6.62. The summed E-state index contributed by atoms with van der Waals surface area (Å²) in [4.78, 5) is 5.16. The van der Waals surface area contributed by atoms with E-state index < -0.39 is 0 Å². The van der Waals surface area contributed by atoms with Gasteiger partial charge in [0.05, 0.1) is 5.56 Å². The monoisotopic (exact) mass is 439 g/mol. The van der Waals surface area contributed by atoms with Crippen LogP contribution in [0.3, 0.4) is 0 Å². The van der Waals surface area contributed by atoms with Gasteiger partial charge in [-0.25, -0.2) is 4.98 Å². The van der Waals surface area contributed by atoms with Crippen LogP contribution < -0.4 is 9.30 Å². The van der Waals surface area contributed by atoms with E-state index in [1.807, 2.05) is 0 Å². The molecule has 0 spiro atoms. The number of para-hydroxylation sites is 1. The lowest BCUT2D eigenvalue weighted by Gasteiger charge is -2.25. The number of nitrogens with zero attached hydrogens (tertiary/aromatic N) is 2. The Morgan fingerprint density at radius 2 is 1.70 bits per heavy atom. The molecule has 0 fully saturated rings. The number of hydrogen-bond donors (Lipinski definition) is 0. The topological polar surface area (TPSA) is 26.0 Å². The van der Waals surface area contributed by atoms with Gasteiger partial charge in [0, 0.05) is 11.5 Å². The van der Waals surface area contributed by atoms with Gasteiger partial charge in [-0.2, -0.15) is 4.57 Å². The van der Waals surface area contributed by atoms with Crippen LogP contribution in [0.25, 0.3) is 33.1 Å². The fourth-order valence-electron chi connectivity index (χ4n) is 5.29. The highest BCUT2D eigenvalue weighted by Crippen LogP contribution is 2.48. The van der Waals surface area contributed by atoms with Crippen LogP contribution in [0.4, 0.5) is 0 Å². The molecule has 1 aliphatic heterocycles. The van der Waals surface area contributed by atoms with Crippen molar-refractivity contribution in [1.82, 2.24) is 4.98 Å².